The van der Waals surface area contributed by atoms with Crippen LogP contribution in [0.2, 0.25) is 0 Å². The molecule has 1 aromatic heterocycles. The van der Waals surface area contributed by atoms with Crippen LogP contribution < -0.4 is 5.32 Å². The number of amides is 1. The standard InChI is InChI=1S/C29H31BrN6O2/c1-18-22-14-27(35(17-31)15-20(22)8-11-26(18)37)29(23-4-2-3-5-24(23)32-28(29)38)12-13-36-16-25(33-34-36)19-6-9-21(30)10-7-19/h2-7,9-10,16,18,20,22,26-27,37H,8,11-15H2,1H3,(H,32,38)/t18-,20+,22?,26+,27?,29+/m1/s1. The number of aryl methyl sites for hydroxylation is 1. The number of piperidine rings is 1. The van der Waals surface area contributed by atoms with Crippen molar-refractivity contribution in [1.29, 1.82) is 5.26 Å². The van der Waals surface area contributed by atoms with E-state index < -0.39 is 5.41 Å². The van der Waals surface area contributed by atoms with Gasteiger partial charge < -0.3 is 15.3 Å². The molecule has 2 unspecified atom stereocenters. The van der Waals surface area contributed by atoms with Crippen molar-refractivity contribution in [1.82, 2.24) is 19.9 Å². The smallest absolute Gasteiger partial charge is 0.237 e. The highest BCUT2D eigenvalue weighted by Gasteiger charge is 2.57. The molecule has 6 rings (SSSR count). The summed E-state index contributed by atoms with van der Waals surface area (Å²) < 4.78 is 2.79. The Morgan fingerprint density at radius 2 is 2.00 bits per heavy atom. The van der Waals surface area contributed by atoms with Gasteiger partial charge in [-0.15, -0.1) is 5.10 Å². The van der Waals surface area contributed by atoms with Crippen LogP contribution in [0.15, 0.2) is 59.2 Å². The molecule has 9 heteroatoms. The van der Waals surface area contributed by atoms with Gasteiger partial charge in [0.05, 0.1) is 23.8 Å². The molecular weight excluding hydrogens is 544 g/mol. The van der Waals surface area contributed by atoms with Gasteiger partial charge in [-0.1, -0.05) is 58.4 Å². The van der Waals surface area contributed by atoms with E-state index >= 15 is 0 Å². The Balaban J connectivity index is 1.35. The van der Waals surface area contributed by atoms with E-state index in [1.807, 2.05) is 59.6 Å². The lowest BCUT2D eigenvalue weighted by Crippen LogP contribution is -2.60. The molecule has 1 saturated heterocycles. The van der Waals surface area contributed by atoms with Gasteiger partial charge in [-0.3, -0.25) is 9.48 Å². The number of likely N-dealkylation sites (tertiary alicyclic amines) is 1. The summed E-state index contributed by atoms with van der Waals surface area (Å²) in [6, 6.07) is 15.5. The summed E-state index contributed by atoms with van der Waals surface area (Å²) in [5.41, 5.74) is 2.57. The quantitative estimate of drug-likeness (QED) is 0.432. The highest BCUT2D eigenvalue weighted by atomic mass is 79.9. The van der Waals surface area contributed by atoms with Crippen LogP contribution in [-0.2, 0) is 16.8 Å². The van der Waals surface area contributed by atoms with Gasteiger partial charge in [-0.2, -0.15) is 5.26 Å². The first kappa shape index (κ1) is 25.1. The van der Waals surface area contributed by atoms with Gasteiger partial charge in [-0.25, -0.2) is 0 Å². The van der Waals surface area contributed by atoms with E-state index in [0.29, 0.717) is 31.8 Å². The molecule has 6 atom stereocenters. The first-order chi connectivity index (χ1) is 18.4. The third-order valence-corrected chi connectivity index (χ3v) is 9.72. The molecule has 0 radical (unpaired) electrons. The molecule has 3 heterocycles. The third-order valence-electron chi connectivity index (χ3n) is 9.20. The summed E-state index contributed by atoms with van der Waals surface area (Å²) in [4.78, 5) is 15.8. The number of carbonyl (C=O) groups is 1. The molecule has 38 heavy (non-hydrogen) atoms. The maximum atomic E-state index is 14.0. The molecule has 2 aliphatic heterocycles. The molecular formula is C29H31BrN6O2. The number of aliphatic hydroxyl groups is 1. The molecule has 1 saturated carbocycles. The fraction of sp³-hybridized carbons (Fsp3) is 0.448. The lowest BCUT2D eigenvalue weighted by molar-refractivity contribution is -0.126. The third kappa shape index (κ3) is 4.11. The number of carbonyl (C=O) groups excluding carboxylic acids is 1. The number of aromatic nitrogens is 3. The zero-order valence-electron chi connectivity index (χ0n) is 21.3. The second-order valence-electron chi connectivity index (χ2n) is 11.0. The first-order valence-corrected chi connectivity index (χ1v) is 14.1. The summed E-state index contributed by atoms with van der Waals surface area (Å²) in [6.45, 7) is 3.22. The number of fused-ring (bicyclic) bond motifs is 2. The molecule has 196 valence electrons. The van der Waals surface area contributed by atoms with Crippen LogP contribution >= 0.6 is 15.9 Å². The van der Waals surface area contributed by atoms with Gasteiger partial charge >= 0.3 is 0 Å². The Labute approximate surface area is 230 Å². The molecule has 2 N–H and O–H groups in total. The molecule has 3 aromatic rings. The van der Waals surface area contributed by atoms with Crippen molar-refractivity contribution in [3.8, 4) is 17.5 Å². The summed E-state index contributed by atoms with van der Waals surface area (Å²) in [5, 5.41) is 32.8. The van der Waals surface area contributed by atoms with Crippen molar-refractivity contribution < 1.29 is 9.90 Å². The molecule has 8 nitrogen and oxygen atoms in total. The number of aliphatic hydroxyl groups excluding tert-OH is 1. The predicted octanol–water partition coefficient (Wildman–Crippen LogP) is 4.57. The molecule has 2 aromatic carbocycles. The molecule has 1 aliphatic carbocycles. The monoisotopic (exact) mass is 574 g/mol. The lowest BCUT2D eigenvalue weighted by Gasteiger charge is -2.52. The second-order valence-corrected chi connectivity index (χ2v) is 11.9. The molecule has 0 bridgehead atoms. The van der Waals surface area contributed by atoms with Crippen LogP contribution in [-0.4, -0.2) is 49.6 Å². The summed E-state index contributed by atoms with van der Waals surface area (Å²) in [5.74, 6) is 0.684. The van der Waals surface area contributed by atoms with Crippen LogP contribution in [0.3, 0.4) is 0 Å². The van der Waals surface area contributed by atoms with E-state index in [-0.39, 0.29) is 29.9 Å². The van der Waals surface area contributed by atoms with Crippen LogP contribution in [0.1, 0.15) is 38.2 Å². The van der Waals surface area contributed by atoms with Crippen molar-refractivity contribution in [2.45, 2.75) is 56.7 Å². The number of halogens is 1. The molecule has 1 amide bonds. The largest absolute Gasteiger partial charge is 0.393 e. The van der Waals surface area contributed by atoms with E-state index in [9.17, 15) is 15.2 Å². The Morgan fingerprint density at radius 1 is 1.21 bits per heavy atom. The number of nitriles is 1. The second kappa shape index (κ2) is 9.83. The van der Waals surface area contributed by atoms with Gasteiger partial charge in [0.1, 0.15) is 5.69 Å². The minimum atomic E-state index is -0.914. The van der Waals surface area contributed by atoms with Crippen LogP contribution in [0.25, 0.3) is 11.3 Å². The number of nitrogens with one attached hydrogen (secondary N) is 1. The summed E-state index contributed by atoms with van der Waals surface area (Å²) in [6.07, 6.45) is 6.88. The van der Waals surface area contributed by atoms with Gasteiger partial charge in [0.15, 0.2) is 6.19 Å². The van der Waals surface area contributed by atoms with Crippen LogP contribution in [0.4, 0.5) is 5.69 Å². The number of para-hydroxylation sites is 1. The van der Waals surface area contributed by atoms with Gasteiger partial charge in [0.2, 0.25) is 5.91 Å². The van der Waals surface area contributed by atoms with Crippen molar-refractivity contribution in [3.63, 3.8) is 0 Å². The zero-order valence-corrected chi connectivity index (χ0v) is 22.9. The predicted molar refractivity (Wildman–Crippen MR) is 147 cm³/mol. The van der Waals surface area contributed by atoms with E-state index in [4.69, 9.17) is 0 Å². The highest BCUT2D eigenvalue weighted by Crippen LogP contribution is 2.51. The van der Waals surface area contributed by atoms with Gasteiger partial charge in [0.25, 0.3) is 0 Å². The van der Waals surface area contributed by atoms with Crippen molar-refractivity contribution in [2.24, 2.45) is 17.8 Å². The molecule has 0 spiro atoms. The summed E-state index contributed by atoms with van der Waals surface area (Å²) >= 11 is 3.47. The van der Waals surface area contributed by atoms with Crippen LogP contribution in [0, 0.1) is 29.2 Å². The average Bonchev–Trinajstić information content (AvgIpc) is 3.52. The van der Waals surface area contributed by atoms with Crippen molar-refractivity contribution in [3.05, 3.63) is 64.8 Å². The highest BCUT2D eigenvalue weighted by molar-refractivity contribution is 9.10. The minimum absolute atomic E-state index is 0.0698. The maximum absolute atomic E-state index is 14.0. The fourth-order valence-electron chi connectivity index (χ4n) is 7.09. The molecule has 3 aliphatic rings. The number of hydrogen-bond acceptors (Lipinski definition) is 6. The number of rotatable bonds is 5. The Kier molecular flexibility index (Phi) is 6.48. The van der Waals surface area contributed by atoms with Gasteiger partial charge in [0, 0.05) is 28.8 Å². The SMILES string of the molecule is C[C@@H]1C2CC([C@@]3(CCn4cc(-c5ccc(Br)cc5)nn4)C(=O)Nc4ccccc43)N(C#N)C[C@@H]2CC[C@@H]1O. The number of anilines is 1. The lowest BCUT2D eigenvalue weighted by atomic mass is 9.61. The number of hydrogen-bond donors (Lipinski definition) is 2. The van der Waals surface area contributed by atoms with Crippen molar-refractivity contribution >= 4 is 27.5 Å². The zero-order chi connectivity index (χ0) is 26.4. The molecule has 2 fully saturated rings. The van der Waals surface area contributed by atoms with E-state index in [1.165, 1.54) is 0 Å². The number of nitrogens with zero attached hydrogens (tertiary/aromatic N) is 5. The van der Waals surface area contributed by atoms with E-state index in [2.05, 4.69) is 44.7 Å². The Bertz CT molecular complexity index is 1380. The number of benzene rings is 2. The summed E-state index contributed by atoms with van der Waals surface area (Å²) in [7, 11) is 0. The maximum Gasteiger partial charge on any atom is 0.237 e. The van der Waals surface area contributed by atoms with Crippen molar-refractivity contribution in [2.75, 3.05) is 11.9 Å². The Hall–Kier alpha value is -3.22. The van der Waals surface area contributed by atoms with E-state index in [0.717, 1.165) is 39.8 Å². The van der Waals surface area contributed by atoms with Gasteiger partial charge in [-0.05, 0) is 67.2 Å². The topological polar surface area (TPSA) is 107 Å². The normalized spacial score (nSPS) is 30.3. The Morgan fingerprint density at radius 3 is 2.79 bits per heavy atom. The first-order valence-electron chi connectivity index (χ1n) is 13.3. The van der Waals surface area contributed by atoms with E-state index in [1.54, 1.807) is 4.68 Å². The average molecular weight is 576 g/mol. The van der Waals surface area contributed by atoms with Crippen LogP contribution in [0.5, 0.6) is 0 Å². The minimum Gasteiger partial charge on any atom is -0.393 e. The fourth-order valence-corrected chi connectivity index (χ4v) is 7.35.